The average molecular weight is 303 g/mol. The van der Waals surface area contributed by atoms with Crippen LogP contribution in [0.3, 0.4) is 0 Å². The highest BCUT2D eigenvalue weighted by atomic mass is 32.2. The van der Waals surface area contributed by atoms with Gasteiger partial charge in [0.2, 0.25) is 10.0 Å². The second kappa shape index (κ2) is 6.64. The second-order valence-electron chi connectivity index (χ2n) is 4.24. The lowest BCUT2D eigenvalue weighted by Gasteiger charge is -2.18. The maximum Gasteiger partial charge on any atom is 0.270 e. The third-order valence-corrected chi connectivity index (χ3v) is 3.76. The first-order valence-electron chi connectivity index (χ1n) is 5.98. The van der Waals surface area contributed by atoms with E-state index in [4.69, 9.17) is 10.2 Å². The minimum absolute atomic E-state index is 0.0524. The topological polar surface area (TPSA) is 136 Å². The molecule has 0 bridgehead atoms. The predicted octanol–water partition coefficient (Wildman–Crippen LogP) is 0.815. The standard InChI is InChI=1S/C11H17N3O5S/c1-2-8(5-6-15)13-10-4-3-9(14(16)17)7-11(10)20(12,18)19/h3-4,7-8,13,15H,2,5-6H2,1H3,(H2,12,18,19). The first-order chi connectivity index (χ1) is 9.29. The van der Waals surface area contributed by atoms with Crippen molar-refractivity contribution in [2.75, 3.05) is 11.9 Å². The SMILES string of the molecule is CCC(CCO)Nc1ccc([N+](=O)[O-])cc1S(N)(=O)=O. The highest BCUT2D eigenvalue weighted by molar-refractivity contribution is 7.89. The molecular formula is C11H17N3O5S. The van der Waals surface area contributed by atoms with Gasteiger partial charge in [-0.25, -0.2) is 13.6 Å². The van der Waals surface area contributed by atoms with Crippen LogP contribution in [0.15, 0.2) is 23.1 Å². The van der Waals surface area contributed by atoms with Crippen molar-refractivity contribution >= 4 is 21.4 Å². The molecule has 0 radical (unpaired) electrons. The number of sulfonamides is 1. The molecule has 0 saturated carbocycles. The van der Waals surface area contributed by atoms with Gasteiger partial charge >= 0.3 is 0 Å². The molecule has 0 aliphatic rings. The molecule has 0 spiro atoms. The third-order valence-electron chi connectivity index (χ3n) is 2.81. The number of nitrogens with one attached hydrogen (secondary N) is 1. The van der Waals surface area contributed by atoms with Gasteiger partial charge in [-0.15, -0.1) is 0 Å². The Bertz CT molecular complexity index is 588. The largest absolute Gasteiger partial charge is 0.396 e. The van der Waals surface area contributed by atoms with E-state index in [2.05, 4.69) is 5.32 Å². The van der Waals surface area contributed by atoms with Gasteiger partial charge in [-0.05, 0) is 18.9 Å². The molecule has 0 aromatic heterocycles. The Balaban J connectivity index is 3.22. The van der Waals surface area contributed by atoms with Gasteiger partial charge in [0.25, 0.3) is 5.69 Å². The fourth-order valence-electron chi connectivity index (χ4n) is 1.73. The van der Waals surface area contributed by atoms with Crippen LogP contribution in [0.5, 0.6) is 0 Å². The Kier molecular flexibility index (Phi) is 5.43. The lowest BCUT2D eigenvalue weighted by molar-refractivity contribution is -0.385. The molecule has 112 valence electrons. The van der Waals surface area contributed by atoms with Gasteiger partial charge in [-0.2, -0.15) is 0 Å². The Morgan fingerprint density at radius 1 is 1.50 bits per heavy atom. The number of anilines is 1. The van der Waals surface area contributed by atoms with Crippen molar-refractivity contribution in [3.63, 3.8) is 0 Å². The molecule has 4 N–H and O–H groups in total. The lowest BCUT2D eigenvalue weighted by atomic mass is 10.1. The van der Waals surface area contributed by atoms with Crippen LogP contribution in [0.1, 0.15) is 19.8 Å². The maximum absolute atomic E-state index is 11.5. The van der Waals surface area contributed by atoms with Gasteiger partial charge in [0.05, 0.1) is 10.6 Å². The molecule has 0 aliphatic carbocycles. The molecule has 1 aromatic carbocycles. The average Bonchev–Trinajstić information content (AvgIpc) is 2.37. The number of hydrogen-bond acceptors (Lipinski definition) is 6. The van der Waals surface area contributed by atoms with E-state index >= 15 is 0 Å². The van der Waals surface area contributed by atoms with Crippen LogP contribution in [-0.4, -0.2) is 31.1 Å². The summed E-state index contributed by atoms with van der Waals surface area (Å²) < 4.78 is 23.0. The fraction of sp³-hybridized carbons (Fsp3) is 0.455. The number of aliphatic hydroxyl groups is 1. The number of nitrogens with zero attached hydrogens (tertiary/aromatic N) is 1. The van der Waals surface area contributed by atoms with Crippen LogP contribution in [-0.2, 0) is 10.0 Å². The maximum atomic E-state index is 11.5. The molecule has 0 saturated heterocycles. The van der Waals surface area contributed by atoms with Gasteiger partial charge in [-0.3, -0.25) is 10.1 Å². The van der Waals surface area contributed by atoms with Crippen molar-refractivity contribution in [3.05, 3.63) is 28.3 Å². The Morgan fingerprint density at radius 2 is 2.15 bits per heavy atom. The number of nitrogens with two attached hydrogens (primary N) is 1. The van der Waals surface area contributed by atoms with Crippen molar-refractivity contribution in [2.24, 2.45) is 5.14 Å². The van der Waals surface area contributed by atoms with Gasteiger partial charge < -0.3 is 10.4 Å². The monoisotopic (exact) mass is 303 g/mol. The predicted molar refractivity (Wildman–Crippen MR) is 73.9 cm³/mol. The molecule has 0 heterocycles. The normalized spacial score (nSPS) is 12.9. The first kappa shape index (κ1) is 16.3. The van der Waals surface area contributed by atoms with Crippen LogP contribution < -0.4 is 10.5 Å². The molecule has 0 aliphatic heterocycles. The number of nitro benzene ring substituents is 1. The summed E-state index contributed by atoms with van der Waals surface area (Å²) in [5.41, 5.74) is -0.159. The van der Waals surface area contributed by atoms with Crippen molar-refractivity contribution < 1.29 is 18.4 Å². The second-order valence-corrected chi connectivity index (χ2v) is 5.77. The van der Waals surface area contributed by atoms with Crippen LogP contribution in [0, 0.1) is 10.1 Å². The van der Waals surface area contributed by atoms with E-state index in [1.165, 1.54) is 12.1 Å². The Labute approximate surface area is 116 Å². The molecule has 0 amide bonds. The third kappa shape index (κ3) is 4.15. The van der Waals surface area contributed by atoms with E-state index in [0.717, 1.165) is 6.07 Å². The molecule has 8 nitrogen and oxygen atoms in total. The van der Waals surface area contributed by atoms with E-state index in [-0.39, 0.29) is 28.9 Å². The van der Waals surface area contributed by atoms with Gasteiger partial charge in [0.1, 0.15) is 4.90 Å². The molecule has 1 unspecified atom stereocenters. The smallest absolute Gasteiger partial charge is 0.270 e. The van der Waals surface area contributed by atoms with Gasteiger partial charge in [0, 0.05) is 24.8 Å². The summed E-state index contributed by atoms with van der Waals surface area (Å²) in [6.07, 6.45) is 1.08. The van der Waals surface area contributed by atoms with E-state index in [1.54, 1.807) is 0 Å². The van der Waals surface area contributed by atoms with Crippen LogP contribution in [0.2, 0.25) is 0 Å². The Morgan fingerprint density at radius 3 is 2.60 bits per heavy atom. The zero-order chi connectivity index (χ0) is 15.3. The first-order valence-corrected chi connectivity index (χ1v) is 7.52. The molecule has 9 heteroatoms. The summed E-state index contributed by atoms with van der Waals surface area (Å²) in [7, 11) is -4.09. The minimum atomic E-state index is -4.09. The molecule has 1 rings (SSSR count). The molecule has 1 atom stereocenters. The number of non-ortho nitro benzene ring substituents is 1. The summed E-state index contributed by atoms with van der Waals surface area (Å²) in [4.78, 5) is 9.67. The number of rotatable bonds is 7. The van der Waals surface area contributed by atoms with Crippen molar-refractivity contribution in [3.8, 4) is 0 Å². The van der Waals surface area contributed by atoms with Crippen molar-refractivity contribution in [2.45, 2.75) is 30.7 Å². The molecule has 1 aromatic rings. The number of benzene rings is 1. The zero-order valence-electron chi connectivity index (χ0n) is 10.9. The van der Waals surface area contributed by atoms with Gasteiger partial charge in [0.15, 0.2) is 0 Å². The van der Waals surface area contributed by atoms with Crippen molar-refractivity contribution in [1.29, 1.82) is 0 Å². The van der Waals surface area contributed by atoms with Crippen LogP contribution in [0.4, 0.5) is 11.4 Å². The highest BCUT2D eigenvalue weighted by Crippen LogP contribution is 2.26. The van der Waals surface area contributed by atoms with E-state index < -0.39 is 14.9 Å². The molecular weight excluding hydrogens is 286 g/mol. The quantitative estimate of drug-likeness (QED) is 0.504. The van der Waals surface area contributed by atoms with E-state index in [9.17, 15) is 18.5 Å². The minimum Gasteiger partial charge on any atom is -0.396 e. The summed E-state index contributed by atoms with van der Waals surface area (Å²) in [6.45, 7) is 1.82. The molecule has 20 heavy (non-hydrogen) atoms. The van der Waals surface area contributed by atoms with E-state index in [0.29, 0.717) is 12.8 Å². The number of nitro groups is 1. The van der Waals surface area contributed by atoms with Gasteiger partial charge in [-0.1, -0.05) is 6.92 Å². The number of aliphatic hydroxyl groups excluding tert-OH is 1. The molecule has 0 fully saturated rings. The summed E-state index contributed by atoms with van der Waals surface area (Å²) in [6, 6.07) is 3.27. The Hall–Kier alpha value is -1.71. The van der Waals surface area contributed by atoms with E-state index in [1.807, 2.05) is 6.92 Å². The number of primary sulfonamides is 1. The van der Waals surface area contributed by atoms with Crippen LogP contribution in [0.25, 0.3) is 0 Å². The summed E-state index contributed by atoms with van der Waals surface area (Å²) in [5.74, 6) is 0. The summed E-state index contributed by atoms with van der Waals surface area (Å²) in [5, 5.41) is 27.6. The lowest BCUT2D eigenvalue weighted by Crippen LogP contribution is -2.23. The highest BCUT2D eigenvalue weighted by Gasteiger charge is 2.20. The van der Waals surface area contributed by atoms with Crippen LogP contribution >= 0.6 is 0 Å². The summed E-state index contributed by atoms with van der Waals surface area (Å²) >= 11 is 0. The zero-order valence-corrected chi connectivity index (χ0v) is 11.8. The van der Waals surface area contributed by atoms with Crippen molar-refractivity contribution in [1.82, 2.24) is 0 Å². The number of hydrogen-bond donors (Lipinski definition) is 3. The fourth-order valence-corrected chi connectivity index (χ4v) is 2.45.